The molecule has 17 heavy (non-hydrogen) atoms. The summed E-state index contributed by atoms with van der Waals surface area (Å²) in [6.07, 6.45) is 1.27. The van der Waals surface area contributed by atoms with Crippen LogP contribution in [-0.2, 0) is 0 Å². The quantitative estimate of drug-likeness (QED) is 0.625. The van der Waals surface area contributed by atoms with Crippen molar-refractivity contribution in [2.45, 2.75) is 19.4 Å². The van der Waals surface area contributed by atoms with Crippen LogP contribution in [0.2, 0.25) is 0 Å². The average Bonchev–Trinajstić information content (AvgIpc) is 2.70. The molecule has 1 aromatic rings. The number of nitrogens with two attached hydrogens (primary N) is 1. The molecular formula is C14H24N3+. The van der Waals surface area contributed by atoms with Crippen molar-refractivity contribution >= 4 is 11.4 Å². The summed E-state index contributed by atoms with van der Waals surface area (Å²) in [5, 5.41) is 0. The molecule has 1 fully saturated rings. The molecule has 0 aromatic heterocycles. The van der Waals surface area contributed by atoms with E-state index in [1.54, 1.807) is 0 Å². The number of aryl methyl sites for hydroxylation is 1. The Morgan fingerprint density at radius 2 is 2.00 bits per heavy atom. The van der Waals surface area contributed by atoms with Crippen LogP contribution in [0.5, 0.6) is 0 Å². The average molecular weight is 234 g/mol. The Bertz CT molecular complexity index is 406. The van der Waals surface area contributed by atoms with Crippen LogP contribution in [-0.4, -0.2) is 44.8 Å². The first-order valence-corrected chi connectivity index (χ1v) is 6.30. The molecule has 2 rings (SSSR count). The minimum absolute atomic E-state index is 0.729. The summed E-state index contributed by atoms with van der Waals surface area (Å²) < 4.78 is 1.05. The van der Waals surface area contributed by atoms with Gasteiger partial charge in [0.25, 0.3) is 0 Å². The van der Waals surface area contributed by atoms with Crippen LogP contribution >= 0.6 is 0 Å². The second-order valence-corrected chi connectivity index (χ2v) is 6.05. The van der Waals surface area contributed by atoms with Gasteiger partial charge in [0.2, 0.25) is 0 Å². The van der Waals surface area contributed by atoms with Gasteiger partial charge in [0.1, 0.15) is 6.04 Å². The highest BCUT2D eigenvalue weighted by Crippen LogP contribution is 2.26. The highest BCUT2D eigenvalue weighted by atomic mass is 15.4. The molecule has 1 aliphatic rings. The van der Waals surface area contributed by atoms with E-state index in [2.05, 4.69) is 45.1 Å². The molecular weight excluding hydrogens is 210 g/mol. The number of anilines is 2. The monoisotopic (exact) mass is 234 g/mol. The molecule has 0 amide bonds. The summed E-state index contributed by atoms with van der Waals surface area (Å²) in [7, 11) is 6.84. The standard InChI is InChI=1S/C14H24N3/c1-11-9-12(5-6-14(11)15)16-8-7-13(10-16)17(2,3)4/h5-6,9,13H,7-8,10,15H2,1-4H3/q+1. The van der Waals surface area contributed by atoms with E-state index < -0.39 is 0 Å². The van der Waals surface area contributed by atoms with Gasteiger partial charge in [0.05, 0.1) is 27.7 Å². The number of hydrogen-bond acceptors (Lipinski definition) is 2. The van der Waals surface area contributed by atoms with Crippen molar-refractivity contribution in [1.29, 1.82) is 0 Å². The zero-order valence-electron chi connectivity index (χ0n) is 11.4. The van der Waals surface area contributed by atoms with E-state index in [9.17, 15) is 0 Å². The summed E-state index contributed by atoms with van der Waals surface area (Å²) >= 11 is 0. The third-order valence-electron chi connectivity index (χ3n) is 3.88. The maximum absolute atomic E-state index is 5.86. The molecule has 1 saturated heterocycles. The van der Waals surface area contributed by atoms with E-state index in [0.717, 1.165) is 29.3 Å². The number of quaternary nitrogens is 1. The van der Waals surface area contributed by atoms with Crippen LogP contribution in [0.25, 0.3) is 0 Å². The Morgan fingerprint density at radius 3 is 2.53 bits per heavy atom. The Hall–Kier alpha value is -1.22. The zero-order chi connectivity index (χ0) is 12.6. The van der Waals surface area contributed by atoms with Crippen LogP contribution in [0, 0.1) is 6.92 Å². The Kier molecular flexibility index (Phi) is 3.04. The second-order valence-electron chi connectivity index (χ2n) is 6.05. The van der Waals surface area contributed by atoms with Crippen molar-refractivity contribution in [3.63, 3.8) is 0 Å². The predicted octanol–water partition coefficient (Wildman–Crippen LogP) is 1.86. The lowest BCUT2D eigenvalue weighted by Crippen LogP contribution is -2.46. The molecule has 1 aliphatic heterocycles. The summed E-state index contributed by atoms with van der Waals surface area (Å²) in [6, 6.07) is 7.09. The van der Waals surface area contributed by atoms with Gasteiger partial charge in [0.15, 0.2) is 0 Å². The predicted molar refractivity (Wildman–Crippen MR) is 74.2 cm³/mol. The minimum Gasteiger partial charge on any atom is -0.399 e. The number of likely N-dealkylation sites (N-methyl/N-ethyl adjacent to an activating group) is 1. The normalized spacial score (nSPS) is 20.9. The summed E-state index contributed by atoms with van der Waals surface area (Å²) in [6.45, 7) is 4.38. The van der Waals surface area contributed by atoms with Crippen LogP contribution in [0.4, 0.5) is 11.4 Å². The second kappa shape index (κ2) is 4.22. The third-order valence-corrected chi connectivity index (χ3v) is 3.88. The minimum atomic E-state index is 0.729. The summed E-state index contributed by atoms with van der Waals surface area (Å²) in [4.78, 5) is 2.47. The van der Waals surface area contributed by atoms with Crippen molar-refractivity contribution in [3.8, 4) is 0 Å². The van der Waals surface area contributed by atoms with E-state index >= 15 is 0 Å². The first kappa shape index (κ1) is 12.2. The van der Waals surface area contributed by atoms with Crippen LogP contribution in [0.15, 0.2) is 18.2 Å². The first-order chi connectivity index (χ1) is 7.88. The van der Waals surface area contributed by atoms with Crippen molar-refractivity contribution in [1.82, 2.24) is 0 Å². The maximum atomic E-state index is 5.86. The van der Waals surface area contributed by atoms with Gasteiger partial charge in [-0.2, -0.15) is 0 Å². The molecule has 1 unspecified atom stereocenters. The van der Waals surface area contributed by atoms with E-state index in [4.69, 9.17) is 5.73 Å². The topological polar surface area (TPSA) is 29.3 Å². The fraction of sp³-hybridized carbons (Fsp3) is 0.571. The smallest absolute Gasteiger partial charge is 0.108 e. The highest BCUT2D eigenvalue weighted by Gasteiger charge is 2.32. The van der Waals surface area contributed by atoms with Gasteiger partial charge in [-0.15, -0.1) is 0 Å². The van der Waals surface area contributed by atoms with Gasteiger partial charge < -0.3 is 15.1 Å². The van der Waals surface area contributed by atoms with Gasteiger partial charge in [-0.3, -0.25) is 0 Å². The summed E-state index contributed by atoms with van der Waals surface area (Å²) in [5.41, 5.74) is 9.24. The van der Waals surface area contributed by atoms with Gasteiger partial charge >= 0.3 is 0 Å². The van der Waals surface area contributed by atoms with Crippen LogP contribution < -0.4 is 10.6 Å². The van der Waals surface area contributed by atoms with Crippen molar-refractivity contribution < 1.29 is 4.48 Å². The van der Waals surface area contributed by atoms with Gasteiger partial charge in [-0.1, -0.05) is 0 Å². The Labute approximate surface area is 104 Å². The number of nitrogens with zero attached hydrogens (tertiary/aromatic N) is 2. The van der Waals surface area contributed by atoms with E-state index in [-0.39, 0.29) is 0 Å². The fourth-order valence-electron chi connectivity index (χ4n) is 2.47. The van der Waals surface area contributed by atoms with Crippen LogP contribution in [0.1, 0.15) is 12.0 Å². The maximum Gasteiger partial charge on any atom is 0.108 e. The van der Waals surface area contributed by atoms with Gasteiger partial charge in [-0.25, -0.2) is 0 Å². The summed E-state index contributed by atoms with van der Waals surface area (Å²) in [5.74, 6) is 0. The van der Waals surface area contributed by atoms with E-state index in [1.807, 2.05) is 6.07 Å². The Morgan fingerprint density at radius 1 is 1.29 bits per heavy atom. The molecule has 94 valence electrons. The van der Waals surface area contributed by atoms with E-state index in [0.29, 0.717) is 0 Å². The molecule has 1 atom stereocenters. The number of rotatable bonds is 2. The lowest BCUT2D eigenvalue weighted by atomic mass is 10.1. The molecule has 3 heteroatoms. The lowest BCUT2D eigenvalue weighted by Gasteiger charge is -2.31. The Balaban J connectivity index is 2.13. The molecule has 0 radical (unpaired) electrons. The fourth-order valence-corrected chi connectivity index (χ4v) is 2.47. The molecule has 1 heterocycles. The lowest BCUT2D eigenvalue weighted by molar-refractivity contribution is -0.893. The molecule has 0 saturated carbocycles. The first-order valence-electron chi connectivity index (χ1n) is 6.30. The SMILES string of the molecule is Cc1cc(N2CCC([N+](C)(C)C)C2)ccc1N. The van der Waals surface area contributed by atoms with E-state index in [1.165, 1.54) is 17.7 Å². The zero-order valence-corrected chi connectivity index (χ0v) is 11.4. The molecule has 0 spiro atoms. The molecule has 0 bridgehead atoms. The van der Waals surface area contributed by atoms with Gasteiger partial charge in [-0.05, 0) is 30.7 Å². The molecule has 2 N–H and O–H groups in total. The molecule has 1 aromatic carbocycles. The van der Waals surface area contributed by atoms with Crippen molar-refractivity contribution in [2.24, 2.45) is 0 Å². The third kappa shape index (κ3) is 2.55. The molecule has 0 aliphatic carbocycles. The number of benzene rings is 1. The van der Waals surface area contributed by atoms with Crippen LogP contribution in [0.3, 0.4) is 0 Å². The molecule has 3 nitrogen and oxygen atoms in total. The largest absolute Gasteiger partial charge is 0.399 e. The highest BCUT2D eigenvalue weighted by molar-refractivity contribution is 5.58. The van der Waals surface area contributed by atoms with Crippen molar-refractivity contribution in [3.05, 3.63) is 23.8 Å². The number of hydrogen-bond donors (Lipinski definition) is 1. The van der Waals surface area contributed by atoms with Gasteiger partial charge in [0, 0.05) is 24.3 Å². The number of nitrogen functional groups attached to an aromatic ring is 1. The van der Waals surface area contributed by atoms with Crippen molar-refractivity contribution in [2.75, 3.05) is 44.9 Å².